The highest BCUT2D eigenvalue weighted by atomic mass is 35.5. The van der Waals surface area contributed by atoms with Crippen molar-refractivity contribution in [1.29, 1.82) is 0 Å². The van der Waals surface area contributed by atoms with Crippen LogP contribution in [0, 0.1) is 17.8 Å². The summed E-state index contributed by atoms with van der Waals surface area (Å²) in [5.41, 5.74) is 0. The maximum absolute atomic E-state index is 12.1. The molecule has 0 unspecified atom stereocenters. The third kappa shape index (κ3) is 6.24. The number of nitrogens with zero attached hydrogens (tertiary/aromatic N) is 1. The molecule has 0 saturated carbocycles. The van der Waals surface area contributed by atoms with Crippen LogP contribution in [0.4, 0.5) is 0 Å². The molecule has 25 heavy (non-hydrogen) atoms. The van der Waals surface area contributed by atoms with E-state index < -0.39 is 10.0 Å². The average molecular weight is 385 g/mol. The van der Waals surface area contributed by atoms with Crippen LogP contribution in [0.25, 0.3) is 0 Å². The first-order valence-electron chi connectivity index (χ1n) is 7.94. The Morgan fingerprint density at radius 3 is 2.64 bits per heavy atom. The molecule has 0 aromatic heterocycles. The lowest BCUT2D eigenvalue weighted by molar-refractivity contribution is -0.125. The number of sulfonamides is 1. The number of carbonyl (C=O) groups excluding carboxylic acids is 1. The summed E-state index contributed by atoms with van der Waals surface area (Å²) in [6, 6.07) is 7.13. The van der Waals surface area contributed by atoms with E-state index in [2.05, 4.69) is 17.2 Å². The number of hydrogen-bond donors (Lipinski definition) is 1. The van der Waals surface area contributed by atoms with E-state index in [4.69, 9.17) is 16.3 Å². The van der Waals surface area contributed by atoms with Crippen LogP contribution in [-0.4, -0.2) is 51.1 Å². The SMILES string of the molecule is CS(=O)(=O)N1CCC(C(=O)NCC#CCOc2ccccc2Cl)CC1. The Labute approximate surface area is 153 Å². The number of benzene rings is 1. The number of rotatable bonds is 5. The number of amides is 1. The number of nitrogens with one attached hydrogen (secondary N) is 1. The summed E-state index contributed by atoms with van der Waals surface area (Å²) in [6.07, 6.45) is 2.25. The van der Waals surface area contributed by atoms with E-state index in [0.717, 1.165) is 0 Å². The van der Waals surface area contributed by atoms with Crippen molar-refractivity contribution in [2.24, 2.45) is 5.92 Å². The first-order chi connectivity index (χ1) is 11.9. The minimum absolute atomic E-state index is 0.0885. The van der Waals surface area contributed by atoms with Gasteiger partial charge in [-0.3, -0.25) is 4.79 Å². The van der Waals surface area contributed by atoms with E-state index >= 15 is 0 Å². The molecule has 0 atom stereocenters. The van der Waals surface area contributed by atoms with Gasteiger partial charge in [-0.25, -0.2) is 12.7 Å². The standard InChI is InChI=1S/C17H21ClN2O4S/c1-25(22,23)20-11-8-14(9-12-20)17(21)19-10-4-5-13-24-16-7-3-2-6-15(16)18/h2-3,6-7,14H,8-13H2,1H3,(H,19,21). The lowest BCUT2D eigenvalue weighted by atomic mass is 9.97. The fraction of sp³-hybridized carbons (Fsp3) is 0.471. The third-order valence-electron chi connectivity index (χ3n) is 3.91. The molecular formula is C17H21ClN2O4S. The molecule has 1 aliphatic heterocycles. The molecule has 1 aliphatic rings. The highest BCUT2D eigenvalue weighted by Crippen LogP contribution is 2.22. The number of carbonyl (C=O) groups is 1. The van der Waals surface area contributed by atoms with Gasteiger partial charge in [0.1, 0.15) is 12.4 Å². The topological polar surface area (TPSA) is 75.7 Å². The summed E-state index contributed by atoms with van der Waals surface area (Å²) in [5.74, 6) is 5.95. The van der Waals surface area contributed by atoms with Crippen molar-refractivity contribution < 1.29 is 17.9 Å². The summed E-state index contributed by atoms with van der Waals surface area (Å²) in [5, 5.41) is 3.28. The van der Waals surface area contributed by atoms with Gasteiger partial charge in [0.25, 0.3) is 0 Å². The molecule has 1 amide bonds. The molecule has 1 heterocycles. The first kappa shape index (κ1) is 19.6. The lowest BCUT2D eigenvalue weighted by Crippen LogP contribution is -2.42. The number of halogens is 1. The van der Waals surface area contributed by atoms with E-state index in [9.17, 15) is 13.2 Å². The van der Waals surface area contributed by atoms with Gasteiger partial charge in [0.2, 0.25) is 15.9 Å². The largest absolute Gasteiger partial charge is 0.479 e. The van der Waals surface area contributed by atoms with E-state index in [1.165, 1.54) is 10.6 Å². The van der Waals surface area contributed by atoms with E-state index in [0.29, 0.717) is 36.7 Å². The third-order valence-corrected chi connectivity index (χ3v) is 5.52. The average Bonchev–Trinajstić information content (AvgIpc) is 2.58. The summed E-state index contributed by atoms with van der Waals surface area (Å²) in [4.78, 5) is 12.1. The fourth-order valence-electron chi connectivity index (χ4n) is 2.51. The molecule has 8 heteroatoms. The molecule has 1 aromatic rings. The van der Waals surface area contributed by atoms with Crippen molar-refractivity contribution in [3.63, 3.8) is 0 Å². The molecule has 2 rings (SSSR count). The van der Waals surface area contributed by atoms with E-state index in [1.807, 2.05) is 12.1 Å². The van der Waals surface area contributed by atoms with Crippen LogP contribution in [0.3, 0.4) is 0 Å². The van der Waals surface area contributed by atoms with Crippen molar-refractivity contribution in [1.82, 2.24) is 9.62 Å². The molecule has 0 bridgehead atoms. The van der Waals surface area contributed by atoms with Crippen molar-refractivity contribution >= 4 is 27.5 Å². The predicted molar refractivity (Wildman–Crippen MR) is 96.9 cm³/mol. The van der Waals surface area contributed by atoms with Crippen molar-refractivity contribution in [3.8, 4) is 17.6 Å². The lowest BCUT2D eigenvalue weighted by Gasteiger charge is -2.29. The molecule has 0 spiro atoms. The minimum atomic E-state index is -3.17. The molecular weight excluding hydrogens is 364 g/mol. The van der Waals surface area contributed by atoms with Crippen LogP contribution in [-0.2, 0) is 14.8 Å². The van der Waals surface area contributed by atoms with Gasteiger partial charge >= 0.3 is 0 Å². The molecule has 0 aliphatic carbocycles. The van der Waals surface area contributed by atoms with Gasteiger partial charge in [0.15, 0.2) is 0 Å². The van der Waals surface area contributed by atoms with Crippen molar-refractivity contribution in [2.45, 2.75) is 12.8 Å². The van der Waals surface area contributed by atoms with Crippen LogP contribution in [0.2, 0.25) is 5.02 Å². The number of para-hydroxylation sites is 1. The van der Waals surface area contributed by atoms with Gasteiger partial charge in [-0.15, -0.1) is 0 Å². The Balaban J connectivity index is 1.67. The Hall–Kier alpha value is -1.75. The molecule has 6 nitrogen and oxygen atoms in total. The van der Waals surface area contributed by atoms with Gasteiger partial charge in [-0.05, 0) is 25.0 Å². The molecule has 0 radical (unpaired) electrons. The Kier molecular flexibility index (Phi) is 7.12. The Bertz CT molecular complexity index is 762. The van der Waals surface area contributed by atoms with Crippen LogP contribution in [0.15, 0.2) is 24.3 Å². The van der Waals surface area contributed by atoms with Gasteiger partial charge < -0.3 is 10.1 Å². The highest BCUT2D eigenvalue weighted by molar-refractivity contribution is 7.88. The maximum atomic E-state index is 12.1. The molecule has 136 valence electrons. The number of piperidine rings is 1. The Morgan fingerprint density at radius 1 is 1.32 bits per heavy atom. The first-order valence-corrected chi connectivity index (χ1v) is 10.2. The zero-order chi connectivity index (χ0) is 18.3. The summed E-state index contributed by atoms with van der Waals surface area (Å²) in [6.45, 7) is 1.19. The maximum Gasteiger partial charge on any atom is 0.223 e. The smallest absolute Gasteiger partial charge is 0.223 e. The van der Waals surface area contributed by atoms with Crippen LogP contribution in [0.1, 0.15) is 12.8 Å². The van der Waals surface area contributed by atoms with Gasteiger partial charge in [-0.2, -0.15) is 0 Å². The summed E-state index contributed by atoms with van der Waals surface area (Å²) >= 11 is 5.96. The predicted octanol–water partition coefficient (Wildman–Crippen LogP) is 1.51. The fourth-order valence-corrected chi connectivity index (χ4v) is 3.58. The van der Waals surface area contributed by atoms with Crippen molar-refractivity contribution in [2.75, 3.05) is 32.5 Å². The van der Waals surface area contributed by atoms with E-state index in [1.54, 1.807) is 12.1 Å². The number of ether oxygens (including phenoxy) is 1. The van der Waals surface area contributed by atoms with Gasteiger partial charge in [-0.1, -0.05) is 35.6 Å². The normalized spacial score (nSPS) is 15.9. The van der Waals surface area contributed by atoms with Gasteiger partial charge in [0.05, 0.1) is 17.8 Å². The quantitative estimate of drug-likeness (QED) is 0.781. The second-order valence-corrected chi connectivity index (χ2v) is 8.12. The second-order valence-electron chi connectivity index (χ2n) is 5.73. The van der Waals surface area contributed by atoms with Crippen LogP contribution < -0.4 is 10.1 Å². The summed E-state index contributed by atoms with van der Waals surface area (Å²) < 4.78 is 29.7. The van der Waals surface area contributed by atoms with Crippen molar-refractivity contribution in [3.05, 3.63) is 29.3 Å². The zero-order valence-corrected chi connectivity index (χ0v) is 15.6. The summed E-state index contributed by atoms with van der Waals surface area (Å²) in [7, 11) is -3.17. The molecule has 1 saturated heterocycles. The Morgan fingerprint density at radius 2 is 2.00 bits per heavy atom. The number of hydrogen-bond acceptors (Lipinski definition) is 4. The highest BCUT2D eigenvalue weighted by Gasteiger charge is 2.28. The second kappa shape index (κ2) is 9.09. The minimum Gasteiger partial charge on any atom is -0.479 e. The molecule has 1 aromatic carbocycles. The zero-order valence-electron chi connectivity index (χ0n) is 14.0. The van der Waals surface area contributed by atoms with E-state index in [-0.39, 0.29) is 25.0 Å². The molecule has 1 N–H and O–H groups in total. The monoisotopic (exact) mass is 384 g/mol. The van der Waals surface area contributed by atoms with Crippen LogP contribution >= 0.6 is 11.6 Å². The van der Waals surface area contributed by atoms with Crippen LogP contribution in [0.5, 0.6) is 5.75 Å². The molecule has 1 fully saturated rings. The van der Waals surface area contributed by atoms with Gasteiger partial charge in [0, 0.05) is 19.0 Å².